The van der Waals surface area contributed by atoms with Crippen LogP contribution in [0.1, 0.15) is 43.8 Å². The van der Waals surface area contributed by atoms with Crippen LogP contribution < -0.4 is 5.32 Å². The van der Waals surface area contributed by atoms with Crippen LogP contribution in [0.2, 0.25) is 0 Å². The van der Waals surface area contributed by atoms with Crippen molar-refractivity contribution in [3.8, 4) is 0 Å². The molecule has 0 aliphatic heterocycles. The molecule has 0 unspecified atom stereocenters. The van der Waals surface area contributed by atoms with E-state index in [9.17, 15) is 0 Å². The van der Waals surface area contributed by atoms with Gasteiger partial charge in [-0.3, -0.25) is 4.98 Å². The van der Waals surface area contributed by atoms with E-state index in [0.29, 0.717) is 12.0 Å². The highest BCUT2D eigenvalue weighted by Crippen LogP contribution is 2.16. The van der Waals surface area contributed by atoms with Gasteiger partial charge in [0.1, 0.15) is 11.6 Å². The van der Waals surface area contributed by atoms with Crippen molar-refractivity contribution in [2.24, 2.45) is 0 Å². The molecule has 0 spiro atoms. The average molecular weight is 270 g/mol. The van der Waals surface area contributed by atoms with Gasteiger partial charge in [-0.1, -0.05) is 19.9 Å². The number of rotatable bonds is 5. The highest BCUT2D eigenvalue weighted by molar-refractivity contribution is 5.38. The van der Waals surface area contributed by atoms with Gasteiger partial charge in [-0.25, -0.2) is 9.97 Å². The van der Waals surface area contributed by atoms with Crippen LogP contribution in [0.5, 0.6) is 0 Å². The molecule has 4 nitrogen and oxygen atoms in total. The number of nitrogens with zero attached hydrogens (tertiary/aromatic N) is 3. The van der Waals surface area contributed by atoms with Crippen molar-refractivity contribution in [2.45, 2.75) is 46.1 Å². The fourth-order valence-electron chi connectivity index (χ4n) is 2.14. The molecule has 2 aromatic rings. The SMILES string of the molecule is Cc1nc(N[C@H](C)Cc2cccnc2)cc(C(C)C)n1. The van der Waals surface area contributed by atoms with Gasteiger partial charge in [-0.2, -0.15) is 0 Å². The Balaban J connectivity index is 2.06. The minimum atomic E-state index is 0.300. The molecule has 2 rings (SSSR count). The molecule has 20 heavy (non-hydrogen) atoms. The van der Waals surface area contributed by atoms with Crippen molar-refractivity contribution in [3.63, 3.8) is 0 Å². The highest BCUT2D eigenvalue weighted by Gasteiger charge is 2.08. The molecule has 0 aliphatic rings. The smallest absolute Gasteiger partial charge is 0.130 e. The lowest BCUT2D eigenvalue weighted by atomic mass is 10.1. The van der Waals surface area contributed by atoms with Crippen LogP contribution in [-0.4, -0.2) is 21.0 Å². The molecule has 1 atom stereocenters. The summed E-state index contributed by atoms with van der Waals surface area (Å²) < 4.78 is 0. The summed E-state index contributed by atoms with van der Waals surface area (Å²) >= 11 is 0. The Kier molecular flexibility index (Phi) is 4.66. The number of pyridine rings is 1. The predicted molar refractivity (Wildman–Crippen MR) is 81.9 cm³/mol. The molecule has 0 amide bonds. The van der Waals surface area contributed by atoms with Crippen LogP contribution in [0, 0.1) is 6.92 Å². The summed E-state index contributed by atoms with van der Waals surface area (Å²) in [6, 6.07) is 6.40. The number of nitrogens with one attached hydrogen (secondary N) is 1. The second-order valence-corrected chi connectivity index (χ2v) is 5.49. The fourth-order valence-corrected chi connectivity index (χ4v) is 2.14. The van der Waals surface area contributed by atoms with Crippen molar-refractivity contribution in [1.82, 2.24) is 15.0 Å². The van der Waals surface area contributed by atoms with Crippen molar-refractivity contribution in [1.29, 1.82) is 0 Å². The van der Waals surface area contributed by atoms with Crippen LogP contribution in [-0.2, 0) is 6.42 Å². The largest absolute Gasteiger partial charge is 0.367 e. The number of hydrogen-bond donors (Lipinski definition) is 1. The zero-order valence-corrected chi connectivity index (χ0v) is 12.6. The third-order valence-corrected chi connectivity index (χ3v) is 3.11. The summed E-state index contributed by atoms with van der Waals surface area (Å²) in [7, 11) is 0. The summed E-state index contributed by atoms with van der Waals surface area (Å²) in [4.78, 5) is 13.1. The molecule has 2 aromatic heterocycles. The van der Waals surface area contributed by atoms with Crippen LogP contribution in [0.15, 0.2) is 30.6 Å². The molecule has 0 saturated carbocycles. The minimum absolute atomic E-state index is 0.300. The van der Waals surface area contributed by atoms with E-state index in [4.69, 9.17) is 0 Å². The van der Waals surface area contributed by atoms with Gasteiger partial charge in [-0.05, 0) is 37.8 Å². The van der Waals surface area contributed by atoms with E-state index in [2.05, 4.69) is 47.1 Å². The number of aromatic nitrogens is 3. The molecule has 0 aromatic carbocycles. The Hall–Kier alpha value is -1.97. The quantitative estimate of drug-likeness (QED) is 0.905. The van der Waals surface area contributed by atoms with Gasteiger partial charge in [0, 0.05) is 30.2 Å². The number of anilines is 1. The van der Waals surface area contributed by atoms with Crippen molar-refractivity contribution < 1.29 is 0 Å². The second kappa shape index (κ2) is 6.46. The van der Waals surface area contributed by atoms with E-state index in [0.717, 1.165) is 23.8 Å². The summed E-state index contributed by atoms with van der Waals surface area (Å²) in [5, 5.41) is 3.45. The molecule has 0 radical (unpaired) electrons. The molecule has 0 fully saturated rings. The Morgan fingerprint density at radius 1 is 1.20 bits per heavy atom. The lowest BCUT2D eigenvalue weighted by molar-refractivity contribution is 0.766. The van der Waals surface area contributed by atoms with Gasteiger partial charge in [0.15, 0.2) is 0 Å². The van der Waals surface area contributed by atoms with Crippen LogP contribution in [0.4, 0.5) is 5.82 Å². The first-order valence-corrected chi connectivity index (χ1v) is 7.05. The van der Waals surface area contributed by atoms with Gasteiger partial charge in [-0.15, -0.1) is 0 Å². The zero-order chi connectivity index (χ0) is 14.5. The molecule has 2 heterocycles. The Morgan fingerprint density at radius 2 is 2.00 bits per heavy atom. The Bertz CT molecular complexity index is 552. The first-order valence-electron chi connectivity index (χ1n) is 7.05. The van der Waals surface area contributed by atoms with Gasteiger partial charge in [0.25, 0.3) is 0 Å². The third-order valence-electron chi connectivity index (χ3n) is 3.11. The zero-order valence-electron chi connectivity index (χ0n) is 12.6. The summed E-state index contributed by atoms with van der Waals surface area (Å²) in [5.41, 5.74) is 2.30. The van der Waals surface area contributed by atoms with Gasteiger partial charge >= 0.3 is 0 Å². The molecule has 0 aliphatic carbocycles. The molecular formula is C16H22N4. The molecule has 0 bridgehead atoms. The molecular weight excluding hydrogens is 248 g/mol. The summed E-state index contributed by atoms with van der Waals surface area (Å²) in [6.07, 6.45) is 4.63. The lowest BCUT2D eigenvalue weighted by Gasteiger charge is -2.16. The number of aryl methyl sites for hydroxylation is 1. The molecule has 106 valence electrons. The minimum Gasteiger partial charge on any atom is -0.367 e. The topological polar surface area (TPSA) is 50.7 Å². The lowest BCUT2D eigenvalue weighted by Crippen LogP contribution is -2.19. The standard InChI is InChI=1S/C16H22N4/c1-11(2)15-9-16(20-13(4)19-15)18-12(3)8-14-6-5-7-17-10-14/h5-7,9-12H,8H2,1-4H3,(H,18,19,20)/t12-/m1/s1. The van der Waals surface area contributed by atoms with E-state index in [-0.39, 0.29) is 0 Å². The Labute approximate surface area is 120 Å². The van der Waals surface area contributed by atoms with E-state index in [1.54, 1.807) is 6.20 Å². The van der Waals surface area contributed by atoms with Crippen LogP contribution in [0.3, 0.4) is 0 Å². The van der Waals surface area contributed by atoms with Gasteiger partial charge in [0.05, 0.1) is 0 Å². The van der Waals surface area contributed by atoms with Crippen LogP contribution in [0.25, 0.3) is 0 Å². The molecule has 0 saturated heterocycles. The summed E-state index contributed by atoms with van der Waals surface area (Å²) in [5.74, 6) is 2.12. The van der Waals surface area contributed by atoms with E-state index >= 15 is 0 Å². The van der Waals surface area contributed by atoms with Crippen molar-refractivity contribution in [2.75, 3.05) is 5.32 Å². The normalized spacial score (nSPS) is 12.4. The maximum Gasteiger partial charge on any atom is 0.130 e. The average Bonchev–Trinajstić information content (AvgIpc) is 2.38. The van der Waals surface area contributed by atoms with Gasteiger partial charge < -0.3 is 5.32 Å². The Morgan fingerprint density at radius 3 is 2.65 bits per heavy atom. The van der Waals surface area contributed by atoms with Crippen LogP contribution >= 0.6 is 0 Å². The highest BCUT2D eigenvalue weighted by atomic mass is 15.0. The second-order valence-electron chi connectivity index (χ2n) is 5.49. The predicted octanol–water partition coefficient (Wildman–Crippen LogP) is 3.35. The third kappa shape index (κ3) is 4.02. The monoisotopic (exact) mass is 270 g/mol. The first-order chi connectivity index (χ1) is 9.54. The first kappa shape index (κ1) is 14.4. The fraction of sp³-hybridized carbons (Fsp3) is 0.438. The van der Waals surface area contributed by atoms with Crippen molar-refractivity contribution >= 4 is 5.82 Å². The summed E-state index contributed by atoms with van der Waals surface area (Å²) in [6.45, 7) is 8.37. The van der Waals surface area contributed by atoms with E-state index in [1.807, 2.05) is 25.3 Å². The van der Waals surface area contributed by atoms with E-state index < -0.39 is 0 Å². The maximum absolute atomic E-state index is 4.46. The van der Waals surface area contributed by atoms with E-state index in [1.165, 1.54) is 5.56 Å². The van der Waals surface area contributed by atoms with Gasteiger partial charge in [0.2, 0.25) is 0 Å². The molecule has 1 N–H and O–H groups in total. The van der Waals surface area contributed by atoms with Crippen molar-refractivity contribution in [3.05, 3.63) is 47.7 Å². The number of hydrogen-bond acceptors (Lipinski definition) is 4. The maximum atomic E-state index is 4.46. The molecule has 4 heteroatoms.